The van der Waals surface area contributed by atoms with Gasteiger partial charge in [0, 0.05) is 12.6 Å². The van der Waals surface area contributed by atoms with Crippen LogP contribution in [0.25, 0.3) is 0 Å². The maximum Gasteiger partial charge on any atom is 0.190 e. The molecule has 1 heterocycles. The largest absolute Gasteiger partial charge is 0.366 e. The molecule has 0 N–H and O–H groups in total. The van der Waals surface area contributed by atoms with E-state index in [4.69, 9.17) is 4.74 Å². The van der Waals surface area contributed by atoms with Gasteiger partial charge in [0.1, 0.15) is 5.94 Å². The fraction of sp³-hybridized carbons (Fsp3) is 0.200. The van der Waals surface area contributed by atoms with Gasteiger partial charge >= 0.3 is 0 Å². The molecule has 0 atom stereocenters. The molecular weight excluding hydrogens is 316 g/mol. The predicted molar refractivity (Wildman–Crippen MR) is 98.0 cm³/mol. The van der Waals surface area contributed by atoms with Crippen LogP contribution < -0.4 is 0 Å². The van der Waals surface area contributed by atoms with E-state index in [1.807, 2.05) is 30.5 Å². The Kier molecular flexibility index (Phi) is 5.99. The third-order valence-electron chi connectivity index (χ3n) is 3.65. The van der Waals surface area contributed by atoms with Gasteiger partial charge in [-0.15, -0.1) is 0 Å². The number of aromatic nitrogens is 2. The van der Waals surface area contributed by atoms with Crippen molar-refractivity contribution in [2.24, 2.45) is 0 Å². The molecule has 0 amide bonds. The second-order valence-electron chi connectivity index (χ2n) is 5.54. The van der Waals surface area contributed by atoms with Gasteiger partial charge < -0.3 is 4.74 Å². The number of hydrogen-bond donors (Lipinski definition) is 0. The molecule has 0 unspecified atom stereocenters. The average Bonchev–Trinajstić information content (AvgIpc) is 2.63. The van der Waals surface area contributed by atoms with Gasteiger partial charge in [-0.2, -0.15) is 0 Å². The lowest BCUT2D eigenvalue weighted by atomic mass is 10.1. The lowest BCUT2D eigenvalue weighted by Crippen LogP contribution is -2.00. The van der Waals surface area contributed by atoms with E-state index in [0.717, 1.165) is 22.8 Å². The van der Waals surface area contributed by atoms with Crippen LogP contribution in [0.4, 0.5) is 0 Å². The molecule has 3 aromatic rings. The van der Waals surface area contributed by atoms with Gasteiger partial charge in [0.2, 0.25) is 0 Å². The van der Waals surface area contributed by atoms with Crippen LogP contribution in [0.2, 0.25) is 0 Å². The molecule has 0 aliphatic carbocycles. The predicted octanol–water partition coefficient (Wildman–Crippen LogP) is 4.64. The highest BCUT2D eigenvalue weighted by molar-refractivity contribution is 7.99. The maximum atomic E-state index is 5.69. The molecule has 122 valence electrons. The Hall–Kier alpha value is -2.17. The Morgan fingerprint density at radius 2 is 1.58 bits per heavy atom. The van der Waals surface area contributed by atoms with Crippen LogP contribution in [0.1, 0.15) is 22.4 Å². The standard InChI is InChI=1S/C20H20N2OS/c1-16-13-21-20(22-19(16)12-17-8-4-2-5-9-17)24-15-23-14-18-10-6-3-7-11-18/h2-11,13H,12,14-15H2,1H3. The summed E-state index contributed by atoms with van der Waals surface area (Å²) in [5.41, 5.74) is 4.62. The van der Waals surface area contributed by atoms with E-state index in [0.29, 0.717) is 12.5 Å². The normalized spacial score (nSPS) is 10.7. The van der Waals surface area contributed by atoms with E-state index >= 15 is 0 Å². The molecule has 0 aliphatic rings. The van der Waals surface area contributed by atoms with Crippen LogP contribution in [0.5, 0.6) is 0 Å². The summed E-state index contributed by atoms with van der Waals surface area (Å²) in [6.45, 7) is 2.66. The first-order valence-electron chi connectivity index (χ1n) is 7.92. The van der Waals surface area contributed by atoms with Crippen LogP contribution in [-0.2, 0) is 17.8 Å². The van der Waals surface area contributed by atoms with Crippen molar-refractivity contribution in [2.45, 2.75) is 25.1 Å². The van der Waals surface area contributed by atoms with E-state index in [2.05, 4.69) is 53.3 Å². The van der Waals surface area contributed by atoms with Crippen LogP contribution in [-0.4, -0.2) is 15.9 Å². The first kappa shape index (κ1) is 16.7. The Morgan fingerprint density at radius 3 is 2.29 bits per heavy atom. The van der Waals surface area contributed by atoms with Gasteiger partial charge in [0.15, 0.2) is 5.16 Å². The van der Waals surface area contributed by atoms with Crippen molar-refractivity contribution >= 4 is 11.8 Å². The quantitative estimate of drug-likeness (QED) is 0.272. The van der Waals surface area contributed by atoms with E-state index in [1.54, 1.807) is 0 Å². The zero-order chi connectivity index (χ0) is 16.6. The second-order valence-corrected chi connectivity index (χ2v) is 6.43. The maximum absolute atomic E-state index is 5.69. The molecule has 0 spiro atoms. The molecule has 3 nitrogen and oxygen atoms in total. The van der Waals surface area contributed by atoms with Crippen molar-refractivity contribution in [3.63, 3.8) is 0 Å². The number of nitrogens with zero attached hydrogens (tertiary/aromatic N) is 2. The number of hydrogen-bond acceptors (Lipinski definition) is 4. The first-order chi connectivity index (χ1) is 11.8. The van der Waals surface area contributed by atoms with Gasteiger partial charge in [-0.3, -0.25) is 0 Å². The summed E-state index contributed by atoms with van der Waals surface area (Å²) in [6.07, 6.45) is 2.72. The highest BCUT2D eigenvalue weighted by atomic mass is 32.2. The fourth-order valence-electron chi connectivity index (χ4n) is 2.32. The van der Waals surface area contributed by atoms with Crippen molar-refractivity contribution in [3.8, 4) is 0 Å². The molecule has 3 rings (SSSR count). The van der Waals surface area contributed by atoms with Gasteiger partial charge in [0.05, 0.1) is 12.3 Å². The molecule has 0 radical (unpaired) electrons. The zero-order valence-electron chi connectivity index (χ0n) is 13.7. The Morgan fingerprint density at radius 1 is 0.917 bits per heavy atom. The Bertz CT molecular complexity index is 763. The molecule has 24 heavy (non-hydrogen) atoms. The minimum absolute atomic E-state index is 0.544. The molecule has 0 saturated carbocycles. The molecule has 1 aromatic heterocycles. The Balaban J connectivity index is 1.55. The van der Waals surface area contributed by atoms with Crippen LogP contribution in [0.3, 0.4) is 0 Å². The van der Waals surface area contributed by atoms with Gasteiger partial charge in [0.25, 0.3) is 0 Å². The minimum Gasteiger partial charge on any atom is -0.366 e. The van der Waals surface area contributed by atoms with Crippen molar-refractivity contribution in [1.82, 2.24) is 9.97 Å². The number of benzene rings is 2. The van der Waals surface area contributed by atoms with Gasteiger partial charge in [-0.25, -0.2) is 9.97 Å². The number of ether oxygens (including phenoxy) is 1. The number of rotatable bonds is 7. The van der Waals surface area contributed by atoms with E-state index in [1.165, 1.54) is 22.9 Å². The number of thioether (sulfide) groups is 1. The third-order valence-corrected chi connectivity index (χ3v) is 4.39. The van der Waals surface area contributed by atoms with Crippen LogP contribution >= 0.6 is 11.8 Å². The van der Waals surface area contributed by atoms with Crippen molar-refractivity contribution in [3.05, 3.63) is 89.2 Å². The van der Waals surface area contributed by atoms with Crippen molar-refractivity contribution < 1.29 is 4.74 Å². The number of aryl methyl sites for hydroxylation is 1. The lowest BCUT2D eigenvalue weighted by Gasteiger charge is -2.08. The van der Waals surface area contributed by atoms with Crippen molar-refractivity contribution in [2.75, 3.05) is 5.94 Å². The van der Waals surface area contributed by atoms with Gasteiger partial charge in [-0.1, -0.05) is 72.4 Å². The summed E-state index contributed by atoms with van der Waals surface area (Å²) in [6, 6.07) is 20.5. The molecule has 0 saturated heterocycles. The van der Waals surface area contributed by atoms with Crippen molar-refractivity contribution in [1.29, 1.82) is 0 Å². The minimum atomic E-state index is 0.544. The summed E-state index contributed by atoms with van der Waals surface area (Å²) in [5.74, 6) is 0.544. The zero-order valence-corrected chi connectivity index (χ0v) is 14.5. The molecule has 0 fully saturated rings. The van der Waals surface area contributed by atoms with Crippen LogP contribution in [0.15, 0.2) is 72.0 Å². The van der Waals surface area contributed by atoms with Gasteiger partial charge in [-0.05, 0) is 23.6 Å². The summed E-state index contributed by atoms with van der Waals surface area (Å²) in [5, 5.41) is 0.764. The summed E-state index contributed by atoms with van der Waals surface area (Å²) in [4.78, 5) is 9.08. The van der Waals surface area contributed by atoms with E-state index in [9.17, 15) is 0 Å². The highest BCUT2D eigenvalue weighted by Crippen LogP contribution is 2.17. The average molecular weight is 336 g/mol. The van der Waals surface area contributed by atoms with Crippen LogP contribution in [0, 0.1) is 6.92 Å². The monoisotopic (exact) mass is 336 g/mol. The Labute approximate surface area is 147 Å². The molecule has 2 aromatic carbocycles. The molecule has 0 bridgehead atoms. The molecule has 0 aliphatic heterocycles. The fourth-order valence-corrected chi connectivity index (χ4v) is 2.90. The highest BCUT2D eigenvalue weighted by Gasteiger charge is 2.06. The lowest BCUT2D eigenvalue weighted by molar-refractivity contribution is 0.169. The first-order valence-corrected chi connectivity index (χ1v) is 8.91. The summed E-state index contributed by atoms with van der Waals surface area (Å²) in [7, 11) is 0. The smallest absolute Gasteiger partial charge is 0.190 e. The topological polar surface area (TPSA) is 35.0 Å². The van der Waals surface area contributed by atoms with E-state index < -0.39 is 0 Å². The third kappa shape index (κ3) is 4.91. The summed E-state index contributed by atoms with van der Waals surface area (Å²) < 4.78 is 5.69. The molecular formula is C20H20N2OS. The SMILES string of the molecule is Cc1cnc(SCOCc2ccccc2)nc1Cc1ccccc1. The summed E-state index contributed by atoms with van der Waals surface area (Å²) >= 11 is 1.53. The van der Waals surface area contributed by atoms with E-state index in [-0.39, 0.29) is 0 Å². The molecule has 4 heteroatoms. The second kappa shape index (κ2) is 8.62.